The van der Waals surface area contributed by atoms with E-state index in [2.05, 4.69) is 0 Å². The van der Waals surface area contributed by atoms with Gasteiger partial charge >= 0.3 is 0 Å². The Hall–Kier alpha value is -1.38. The molecule has 0 aliphatic heterocycles. The molecule has 2 rings (SSSR count). The highest BCUT2D eigenvalue weighted by atomic mass is 35.5. The highest BCUT2D eigenvalue weighted by Crippen LogP contribution is 2.34. The number of hydrogen-bond donors (Lipinski definition) is 0. The van der Waals surface area contributed by atoms with Crippen LogP contribution < -0.4 is 9.47 Å². The molecule has 19 heavy (non-hydrogen) atoms. The van der Waals surface area contributed by atoms with Crippen molar-refractivity contribution >= 4 is 23.2 Å². The van der Waals surface area contributed by atoms with Crippen LogP contribution in [0, 0.1) is 0 Å². The van der Waals surface area contributed by atoms with E-state index in [-0.39, 0.29) is 0 Å². The molecular formula is C15H14Cl2O2. The first-order valence-corrected chi connectivity index (χ1v) is 6.90. The van der Waals surface area contributed by atoms with Gasteiger partial charge < -0.3 is 9.47 Å². The summed E-state index contributed by atoms with van der Waals surface area (Å²) in [6, 6.07) is 12.9. The number of halogens is 2. The summed E-state index contributed by atoms with van der Waals surface area (Å²) in [4.78, 5) is 0. The summed E-state index contributed by atoms with van der Waals surface area (Å²) < 4.78 is 11.2. The summed E-state index contributed by atoms with van der Waals surface area (Å²) in [5.74, 6) is 2.46. The van der Waals surface area contributed by atoms with E-state index < -0.39 is 0 Å². The number of alkyl halides is 1. The number of hydrogen-bond acceptors (Lipinski definition) is 2. The van der Waals surface area contributed by atoms with E-state index in [0.29, 0.717) is 29.0 Å². The van der Waals surface area contributed by atoms with Gasteiger partial charge in [0, 0.05) is 5.56 Å². The van der Waals surface area contributed by atoms with Crippen molar-refractivity contribution in [1.29, 1.82) is 0 Å². The Balaban J connectivity index is 2.21. The van der Waals surface area contributed by atoms with Gasteiger partial charge in [-0.15, -0.1) is 11.6 Å². The summed E-state index contributed by atoms with van der Waals surface area (Å²) in [7, 11) is 0. The first-order chi connectivity index (χ1) is 9.24. The van der Waals surface area contributed by atoms with Crippen LogP contribution >= 0.6 is 23.2 Å². The maximum Gasteiger partial charge on any atom is 0.150 e. The largest absolute Gasteiger partial charge is 0.494 e. The van der Waals surface area contributed by atoms with E-state index in [1.165, 1.54) is 0 Å². The zero-order valence-electron chi connectivity index (χ0n) is 10.5. The highest BCUT2D eigenvalue weighted by Gasteiger charge is 2.08. The van der Waals surface area contributed by atoms with Crippen molar-refractivity contribution in [2.75, 3.05) is 6.61 Å². The maximum atomic E-state index is 6.13. The Morgan fingerprint density at radius 1 is 1.00 bits per heavy atom. The molecule has 0 aliphatic rings. The minimum atomic E-state index is 0.354. The van der Waals surface area contributed by atoms with Crippen molar-refractivity contribution in [3.05, 3.63) is 53.1 Å². The first kappa shape index (κ1) is 14.0. The van der Waals surface area contributed by atoms with Gasteiger partial charge in [-0.25, -0.2) is 0 Å². The fraction of sp³-hybridized carbons (Fsp3) is 0.200. The maximum absolute atomic E-state index is 6.13. The van der Waals surface area contributed by atoms with E-state index in [4.69, 9.17) is 32.7 Å². The van der Waals surface area contributed by atoms with Crippen LogP contribution in [-0.2, 0) is 5.88 Å². The molecule has 2 aromatic rings. The molecule has 0 saturated heterocycles. The average molecular weight is 297 g/mol. The van der Waals surface area contributed by atoms with E-state index in [1.54, 1.807) is 6.07 Å². The fourth-order valence-corrected chi connectivity index (χ4v) is 2.10. The Bertz CT molecular complexity index is 538. The monoisotopic (exact) mass is 296 g/mol. The molecule has 4 heteroatoms. The molecule has 2 aromatic carbocycles. The number of benzene rings is 2. The van der Waals surface area contributed by atoms with Crippen LogP contribution in [0.2, 0.25) is 5.02 Å². The molecule has 0 saturated carbocycles. The van der Waals surface area contributed by atoms with Crippen LogP contribution in [0.25, 0.3) is 0 Å². The SMILES string of the molecule is CCOc1ccc(Oc2c(Cl)cccc2CCl)cc1. The Kier molecular flexibility index (Phi) is 4.94. The van der Waals surface area contributed by atoms with Crippen molar-refractivity contribution < 1.29 is 9.47 Å². The summed E-state index contributed by atoms with van der Waals surface area (Å²) in [6.07, 6.45) is 0. The van der Waals surface area contributed by atoms with Gasteiger partial charge in [-0.2, -0.15) is 0 Å². The van der Waals surface area contributed by atoms with Gasteiger partial charge in [-0.05, 0) is 37.3 Å². The Morgan fingerprint density at radius 2 is 1.68 bits per heavy atom. The van der Waals surface area contributed by atoms with Crippen LogP contribution in [0.1, 0.15) is 12.5 Å². The van der Waals surface area contributed by atoms with Gasteiger partial charge in [0.25, 0.3) is 0 Å². The van der Waals surface area contributed by atoms with Crippen molar-refractivity contribution in [2.45, 2.75) is 12.8 Å². The molecule has 0 heterocycles. The van der Waals surface area contributed by atoms with Gasteiger partial charge in [-0.3, -0.25) is 0 Å². The lowest BCUT2D eigenvalue weighted by molar-refractivity contribution is 0.339. The lowest BCUT2D eigenvalue weighted by Crippen LogP contribution is -1.93. The third-order valence-corrected chi connectivity index (χ3v) is 3.13. The first-order valence-electron chi connectivity index (χ1n) is 5.98. The van der Waals surface area contributed by atoms with Crippen LogP contribution in [0.3, 0.4) is 0 Å². The standard InChI is InChI=1S/C15H14Cl2O2/c1-2-18-12-6-8-13(9-7-12)19-15-11(10-16)4-3-5-14(15)17/h3-9H,2,10H2,1H3. The van der Waals surface area contributed by atoms with Crippen LogP contribution in [0.4, 0.5) is 0 Å². The molecular weight excluding hydrogens is 283 g/mol. The van der Waals surface area contributed by atoms with Crippen molar-refractivity contribution in [3.8, 4) is 17.2 Å². The van der Waals surface area contributed by atoms with E-state index >= 15 is 0 Å². The topological polar surface area (TPSA) is 18.5 Å². The van der Waals surface area contributed by atoms with E-state index in [0.717, 1.165) is 11.3 Å². The minimum Gasteiger partial charge on any atom is -0.494 e. The molecule has 0 amide bonds. The summed E-state index contributed by atoms with van der Waals surface area (Å²) >= 11 is 12.0. The van der Waals surface area contributed by atoms with Crippen molar-refractivity contribution in [1.82, 2.24) is 0 Å². The van der Waals surface area contributed by atoms with E-state index in [1.807, 2.05) is 43.3 Å². The van der Waals surface area contributed by atoms with Crippen molar-refractivity contribution in [3.63, 3.8) is 0 Å². The smallest absolute Gasteiger partial charge is 0.150 e. The number of ether oxygens (including phenoxy) is 2. The molecule has 0 bridgehead atoms. The van der Waals surface area contributed by atoms with Crippen LogP contribution in [0.15, 0.2) is 42.5 Å². The minimum absolute atomic E-state index is 0.354. The second-order valence-electron chi connectivity index (χ2n) is 3.87. The molecule has 0 fully saturated rings. The van der Waals surface area contributed by atoms with Crippen LogP contribution in [-0.4, -0.2) is 6.61 Å². The molecule has 0 aliphatic carbocycles. The predicted octanol–water partition coefficient (Wildman–Crippen LogP) is 5.27. The van der Waals surface area contributed by atoms with Gasteiger partial charge in [0.2, 0.25) is 0 Å². The molecule has 0 aromatic heterocycles. The zero-order chi connectivity index (χ0) is 13.7. The summed E-state index contributed by atoms with van der Waals surface area (Å²) in [6.45, 7) is 2.59. The quantitative estimate of drug-likeness (QED) is 0.700. The van der Waals surface area contributed by atoms with Crippen molar-refractivity contribution in [2.24, 2.45) is 0 Å². The molecule has 0 unspecified atom stereocenters. The van der Waals surface area contributed by atoms with Gasteiger partial charge in [0.1, 0.15) is 17.2 Å². The fourth-order valence-electron chi connectivity index (χ4n) is 1.66. The van der Waals surface area contributed by atoms with Gasteiger partial charge in [0.15, 0.2) is 0 Å². The third-order valence-electron chi connectivity index (χ3n) is 2.55. The molecule has 0 N–H and O–H groups in total. The molecule has 0 atom stereocenters. The normalized spacial score (nSPS) is 10.3. The van der Waals surface area contributed by atoms with Crippen LogP contribution in [0.5, 0.6) is 17.2 Å². The van der Waals surface area contributed by atoms with Gasteiger partial charge in [0.05, 0.1) is 17.5 Å². The Labute approximate surface area is 122 Å². The number of rotatable bonds is 5. The second kappa shape index (κ2) is 6.69. The lowest BCUT2D eigenvalue weighted by atomic mass is 10.2. The highest BCUT2D eigenvalue weighted by molar-refractivity contribution is 6.32. The molecule has 0 radical (unpaired) electrons. The second-order valence-corrected chi connectivity index (χ2v) is 4.54. The lowest BCUT2D eigenvalue weighted by Gasteiger charge is -2.11. The third kappa shape index (κ3) is 3.55. The Morgan fingerprint density at radius 3 is 2.32 bits per heavy atom. The summed E-state index contributed by atoms with van der Waals surface area (Å²) in [5, 5.41) is 0.548. The number of para-hydroxylation sites is 1. The molecule has 0 spiro atoms. The molecule has 2 nitrogen and oxygen atoms in total. The summed E-state index contributed by atoms with van der Waals surface area (Å²) in [5.41, 5.74) is 0.864. The predicted molar refractivity (Wildman–Crippen MR) is 78.7 cm³/mol. The van der Waals surface area contributed by atoms with Gasteiger partial charge in [-0.1, -0.05) is 23.7 Å². The van der Waals surface area contributed by atoms with E-state index in [9.17, 15) is 0 Å². The zero-order valence-corrected chi connectivity index (χ0v) is 12.0. The molecule has 100 valence electrons. The average Bonchev–Trinajstić information content (AvgIpc) is 2.43.